The Kier molecular flexibility index (Phi) is 2.49. The lowest BCUT2D eigenvalue weighted by molar-refractivity contribution is 0.163. The van der Waals surface area contributed by atoms with Gasteiger partial charge in [-0.1, -0.05) is 0 Å². The maximum atomic E-state index is 9.06. The SMILES string of the molecule is OC1[CH]CC(O)CCC1. The molecule has 2 atom stereocenters. The molecule has 9 heavy (non-hydrogen) atoms. The zero-order valence-corrected chi connectivity index (χ0v) is 5.45. The van der Waals surface area contributed by atoms with Crippen molar-refractivity contribution in [2.45, 2.75) is 37.9 Å². The summed E-state index contributed by atoms with van der Waals surface area (Å²) in [6, 6.07) is 0. The average molecular weight is 129 g/mol. The van der Waals surface area contributed by atoms with Crippen LogP contribution in [0.5, 0.6) is 0 Å². The summed E-state index contributed by atoms with van der Waals surface area (Å²) < 4.78 is 0. The number of hydrogen-bond acceptors (Lipinski definition) is 2. The highest BCUT2D eigenvalue weighted by Gasteiger charge is 2.14. The molecule has 0 amide bonds. The molecule has 1 fully saturated rings. The third kappa shape index (κ3) is 2.33. The second kappa shape index (κ2) is 3.18. The minimum atomic E-state index is -0.276. The van der Waals surface area contributed by atoms with Gasteiger partial charge in [0.15, 0.2) is 0 Å². The molecule has 1 saturated carbocycles. The van der Waals surface area contributed by atoms with Crippen molar-refractivity contribution >= 4 is 0 Å². The highest BCUT2D eigenvalue weighted by Crippen LogP contribution is 2.16. The molecular weight excluding hydrogens is 116 g/mol. The maximum absolute atomic E-state index is 9.06. The summed E-state index contributed by atoms with van der Waals surface area (Å²) >= 11 is 0. The van der Waals surface area contributed by atoms with Gasteiger partial charge < -0.3 is 10.2 Å². The Labute approximate surface area is 55.5 Å². The Hall–Kier alpha value is -0.0800. The first-order valence-electron chi connectivity index (χ1n) is 3.48. The fourth-order valence-electron chi connectivity index (χ4n) is 1.11. The second-order valence-electron chi connectivity index (χ2n) is 2.62. The molecule has 0 saturated heterocycles. The minimum absolute atomic E-state index is 0.206. The molecule has 1 rings (SSSR count). The number of aliphatic hydroxyl groups excluding tert-OH is 2. The van der Waals surface area contributed by atoms with Crippen molar-refractivity contribution in [3.05, 3.63) is 6.42 Å². The highest BCUT2D eigenvalue weighted by molar-refractivity contribution is 4.82. The van der Waals surface area contributed by atoms with Crippen LogP contribution < -0.4 is 0 Å². The van der Waals surface area contributed by atoms with Crippen LogP contribution in [0.4, 0.5) is 0 Å². The summed E-state index contributed by atoms with van der Waals surface area (Å²) in [4.78, 5) is 0. The van der Waals surface area contributed by atoms with E-state index in [0.29, 0.717) is 6.42 Å². The standard InChI is InChI=1S/C7H13O2/c8-6-2-1-3-7(9)5-4-6/h4,6-9H,1-3,5H2. The van der Waals surface area contributed by atoms with E-state index in [-0.39, 0.29) is 12.2 Å². The number of hydrogen-bond donors (Lipinski definition) is 2. The van der Waals surface area contributed by atoms with Gasteiger partial charge >= 0.3 is 0 Å². The van der Waals surface area contributed by atoms with E-state index < -0.39 is 0 Å². The predicted molar refractivity (Wildman–Crippen MR) is 34.8 cm³/mol. The molecule has 0 aromatic rings. The Morgan fingerprint density at radius 3 is 2.78 bits per heavy atom. The molecule has 2 heteroatoms. The van der Waals surface area contributed by atoms with Crippen molar-refractivity contribution in [3.63, 3.8) is 0 Å². The van der Waals surface area contributed by atoms with Gasteiger partial charge in [0, 0.05) is 0 Å². The molecule has 1 aliphatic carbocycles. The normalized spacial score (nSPS) is 38.0. The van der Waals surface area contributed by atoms with Crippen molar-refractivity contribution in [2.75, 3.05) is 0 Å². The van der Waals surface area contributed by atoms with E-state index in [1.54, 1.807) is 6.42 Å². The van der Waals surface area contributed by atoms with E-state index in [1.807, 2.05) is 0 Å². The molecule has 2 unspecified atom stereocenters. The lowest BCUT2D eigenvalue weighted by Gasteiger charge is -2.03. The minimum Gasteiger partial charge on any atom is -0.393 e. The van der Waals surface area contributed by atoms with Crippen molar-refractivity contribution in [3.8, 4) is 0 Å². The quantitative estimate of drug-likeness (QED) is 0.467. The summed E-state index contributed by atoms with van der Waals surface area (Å²) in [6.07, 6.45) is 4.56. The fraction of sp³-hybridized carbons (Fsp3) is 0.857. The van der Waals surface area contributed by atoms with Gasteiger partial charge in [-0.15, -0.1) is 0 Å². The molecule has 2 nitrogen and oxygen atoms in total. The number of aliphatic hydroxyl groups is 2. The molecule has 0 spiro atoms. The van der Waals surface area contributed by atoms with Crippen molar-refractivity contribution in [1.82, 2.24) is 0 Å². The van der Waals surface area contributed by atoms with Crippen LogP contribution in [0.2, 0.25) is 0 Å². The van der Waals surface area contributed by atoms with Gasteiger partial charge in [0.25, 0.3) is 0 Å². The van der Waals surface area contributed by atoms with Crippen molar-refractivity contribution in [1.29, 1.82) is 0 Å². The maximum Gasteiger partial charge on any atom is 0.0573 e. The second-order valence-corrected chi connectivity index (χ2v) is 2.62. The average Bonchev–Trinajstić information content (AvgIpc) is 1.97. The van der Waals surface area contributed by atoms with E-state index in [0.717, 1.165) is 19.3 Å². The molecule has 1 radical (unpaired) electrons. The molecule has 0 bridgehead atoms. The summed E-state index contributed by atoms with van der Waals surface area (Å²) in [5.74, 6) is 0. The summed E-state index contributed by atoms with van der Waals surface area (Å²) in [5.41, 5.74) is 0. The van der Waals surface area contributed by atoms with Gasteiger partial charge in [0.2, 0.25) is 0 Å². The van der Waals surface area contributed by atoms with Crippen LogP contribution in [0.3, 0.4) is 0 Å². The first-order valence-corrected chi connectivity index (χ1v) is 3.48. The lowest BCUT2D eigenvalue weighted by atomic mass is 10.1. The number of rotatable bonds is 0. The molecule has 0 aromatic carbocycles. The molecule has 0 heterocycles. The topological polar surface area (TPSA) is 40.5 Å². The van der Waals surface area contributed by atoms with Crippen LogP contribution in [0.15, 0.2) is 0 Å². The van der Waals surface area contributed by atoms with E-state index in [1.165, 1.54) is 0 Å². The molecule has 53 valence electrons. The Morgan fingerprint density at radius 2 is 2.00 bits per heavy atom. The van der Waals surface area contributed by atoms with Crippen LogP contribution in [-0.4, -0.2) is 22.4 Å². The zero-order chi connectivity index (χ0) is 6.69. The third-order valence-corrected chi connectivity index (χ3v) is 1.72. The van der Waals surface area contributed by atoms with Crippen LogP contribution in [-0.2, 0) is 0 Å². The summed E-state index contributed by atoms with van der Waals surface area (Å²) in [6.45, 7) is 0. The van der Waals surface area contributed by atoms with Crippen LogP contribution >= 0.6 is 0 Å². The van der Waals surface area contributed by atoms with Gasteiger partial charge in [-0.2, -0.15) is 0 Å². The summed E-state index contributed by atoms with van der Waals surface area (Å²) in [5, 5.41) is 18.1. The van der Waals surface area contributed by atoms with Crippen molar-refractivity contribution < 1.29 is 10.2 Å². The van der Waals surface area contributed by atoms with Crippen LogP contribution in [0, 0.1) is 6.42 Å². The van der Waals surface area contributed by atoms with E-state index in [2.05, 4.69) is 0 Å². The van der Waals surface area contributed by atoms with Crippen LogP contribution in [0.1, 0.15) is 25.7 Å². The van der Waals surface area contributed by atoms with E-state index in [4.69, 9.17) is 10.2 Å². The third-order valence-electron chi connectivity index (χ3n) is 1.72. The molecule has 0 aliphatic heterocycles. The van der Waals surface area contributed by atoms with Gasteiger partial charge in [0.1, 0.15) is 0 Å². The molecule has 0 aromatic heterocycles. The Balaban J connectivity index is 2.25. The van der Waals surface area contributed by atoms with Gasteiger partial charge in [-0.25, -0.2) is 0 Å². The van der Waals surface area contributed by atoms with E-state index in [9.17, 15) is 0 Å². The molecule has 2 N–H and O–H groups in total. The van der Waals surface area contributed by atoms with E-state index >= 15 is 0 Å². The Bertz CT molecular complexity index is 73.0. The predicted octanol–water partition coefficient (Wildman–Crippen LogP) is 0.486. The highest BCUT2D eigenvalue weighted by atomic mass is 16.3. The van der Waals surface area contributed by atoms with Gasteiger partial charge in [0.05, 0.1) is 12.2 Å². The smallest absolute Gasteiger partial charge is 0.0573 e. The first kappa shape index (κ1) is 7.03. The zero-order valence-electron chi connectivity index (χ0n) is 5.45. The van der Waals surface area contributed by atoms with Gasteiger partial charge in [-0.05, 0) is 32.1 Å². The van der Waals surface area contributed by atoms with Crippen LogP contribution in [0.25, 0.3) is 0 Å². The molecular formula is C7H13O2. The molecule has 1 aliphatic rings. The van der Waals surface area contributed by atoms with Gasteiger partial charge in [-0.3, -0.25) is 0 Å². The lowest BCUT2D eigenvalue weighted by Crippen LogP contribution is -2.07. The monoisotopic (exact) mass is 129 g/mol. The Morgan fingerprint density at radius 1 is 1.22 bits per heavy atom. The largest absolute Gasteiger partial charge is 0.393 e. The summed E-state index contributed by atoms with van der Waals surface area (Å²) in [7, 11) is 0. The van der Waals surface area contributed by atoms with Crippen molar-refractivity contribution in [2.24, 2.45) is 0 Å². The fourth-order valence-corrected chi connectivity index (χ4v) is 1.11. The first-order chi connectivity index (χ1) is 4.29.